The lowest BCUT2D eigenvalue weighted by Crippen LogP contribution is -1.99. The minimum atomic E-state index is 0.307. The summed E-state index contributed by atoms with van der Waals surface area (Å²) in [5.74, 6) is 0.797. The van der Waals surface area contributed by atoms with E-state index in [0.29, 0.717) is 33.2 Å². The molecule has 0 saturated heterocycles. The lowest BCUT2D eigenvalue weighted by molar-refractivity contribution is 0.462. The van der Waals surface area contributed by atoms with Gasteiger partial charge in [0, 0.05) is 29.9 Å². The Labute approximate surface area is 119 Å². The summed E-state index contributed by atoms with van der Waals surface area (Å²) in [6.07, 6.45) is 1.48. The first-order valence-corrected chi connectivity index (χ1v) is 6.21. The zero-order valence-corrected chi connectivity index (χ0v) is 11.4. The fourth-order valence-electron chi connectivity index (χ4n) is 1.34. The summed E-state index contributed by atoms with van der Waals surface area (Å²) in [6, 6.07) is 6.61. The first-order valence-electron chi connectivity index (χ1n) is 5.07. The van der Waals surface area contributed by atoms with Crippen LogP contribution in [0, 0.1) is 0 Å². The molecule has 0 atom stereocenters. The maximum absolute atomic E-state index is 5.99. The smallest absolute Gasteiger partial charge is 0.219 e. The van der Waals surface area contributed by atoms with Gasteiger partial charge in [-0.05, 0) is 17.7 Å². The van der Waals surface area contributed by atoms with Gasteiger partial charge in [0.2, 0.25) is 5.88 Å². The van der Waals surface area contributed by atoms with Gasteiger partial charge in [-0.2, -0.15) is 0 Å². The summed E-state index contributed by atoms with van der Waals surface area (Å²) in [4.78, 5) is 4.04. The van der Waals surface area contributed by atoms with Gasteiger partial charge in [-0.15, -0.1) is 0 Å². The molecule has 0 bridgehead atoms. The standard InChI is InChI=1S/C12H9Cl3N2O/c13-8-1-2-9(14)11(4-8)18-12-3-7(5-16)10(15)6-17-12/h1-4,6H,5,16H2. The fraction of sp³-hybridized carbons (Fsp3) is 0.0833. The second-order valence-corrected chi connectivity index (χ2v) is 4.75. The number of hydrogen-bond acceptors (Lipinski definition) is 3. The van der Waals surface area contributed by atoms with Crippen LogP contribution in [0.2, 0.25) is 15.1 Å². The van der Waals surface area contributed by atoms with Crippen LogP contribution >= 0.6 is 34.8 Å². The first kappa shape index (κ1) is 13.4. The lowest BCUT2D eigenvalue weighted by atomic mass is 10.2. The summed E-state index contributed by atoms with van der Waals surface area (Å²) in [6.45, 7) is 0.307. The Balaban J connectivity index is 2.31. The van der Waals surface area contributed by atoms with Crippen LogP contribution in [0.1, 0.15) is 5.56 Å². The zero-order valence-electron chi connectivity index (χ0n) is 9.16. The van der Waals surface area contributed by atoms with Gasteiger partial charge in [0.15, 0.2) is 0 Å². The maximum atomic E-state index is 5.99. The number of nitrogens with two attached hydrogens (primary N) is 1. The van der Waals surface area contributed by atoms with E-state index in [2.05, 4.69) is 4.98 Å². The molecule has 0 spiro atoms. The van der Waals surface area contributed by atoms with Crippen LogP contribution in [0.3, 0.4) is 0 Å². The Morgan fingerprint density at radius 2 is 1.89 bits per heavy atom. The van der Waals surface area contributed by atoms with Crippen molar-refractivity contribution >= 4 is 34.8 Å². The number of rotatable bonds is 3. The van der Waals surface area contributed by atoms with Crippen molar-refractivity contribution in [2.24, 2.45) is 5.73 Å². The fourth-order valence-corrected chi connectivity index (χ4v) is 1.84. The Hall–Kier alpha value is -1.00. The quantitative estimate of drug-likeness (QED) is 0.920. The third-order valence-corrected chi connectivity index (χ3v) is 3.12. The third kappa shape index (κ3) is 3.06. The predicted molar refractivity (Wildman–Crippen MR) is 73.7 cm³/mol. The van der Waals surface area contributed by atoms with Crippen LogP contribution in [0.5, 0.6) is 11.6 Å². The van der Waals surface area contributed by atoms with Gasteiger partial charge >= 0.3 is 0 Å². The number of halogens is 3. The van der Waals surface area contributed by atoms with Crippen LogP contribution in [0.15, 0.2) is 30.5 Å². The molecule has 0 unspecified atom stereocenters. The molecule has 0 fully saturated rings. The first-order chi connectivity index (χ1) is 8.60. The molecule has 0 aliphatic rings. The van der Waals surface area contributed by atoms with Crippen LogP contribution in [0.25, 0.3) is 0 Å². The van der Waals surface area contributed by atoms with Gasteiger partial charge in [-0.25, -0.2) is 4.98 Å². The molecule has 3 nitrogen and oxygen atoms in total. The highest BCUT2D eigenvalue weighted by molar-refractivity contribution is 6.34. The molecule has 2 rings (SSSR count). The molecule has 0 aliphatic heterocycles. The van der Waals surface area contributed by atoms with Crippen molar-refractivity contribution in [3.8, 4) is 11.6 Å². The summed E-state index contributed by atoms with van der Waals surface area (Å²) in [5.41, 5.74) is 6.30. The van der Waals surface area contributed by atoms with E-state index < -0.39 is 0 Å². The molecule has 2 N–H and O–H groups in total. The highest BCUT2D eigenvalue weighted by Crippen LogP contribution is 2.31. The van der Waals surface area contributed by atoms with Gasteiger partial charge in [0.1, 0.15) is 5.75 Å². The normalized spacial score (nSPS) is 10.4. The van der Waals surface area contributed by atoms with Gasteiger partial charge in [-0.3, -0.25) is 0 Å². The van der Waals surface area contributed by atoms with Gasteiger partial charge in [0.25, 0.3) is 0 Å². The molecule has 0 aliphatic carbocycles. The molecule has 0 amide bonds. The van der Waals surface area contributed by atoms with E-state index in [4.69, 9.17) is 45.3 Å². The van der Waals surface area contributed by atoms with Crippen molar-refractivity contribution < 1.29 is 4.74 Å². The Kier molecular flexibility index (Phi) is 4.30. The van der Waals surface area contributed by atoms with Gasteiger partial charge in [-0.1, -0.05) is 34.8 Å². The van der Waals surface area contributed by atoms with E-state index >= 15 is 0 Å². The van der Waals surface area contributed by atoms with E-state index in [0.717, 1.165) is 5.56 Å². The number of hydrogen-bond donors (Lipinski definition) is 1. The van der Waals surface area contributed by atoms with E-state index in [1.165, 1.54) is 6.20 Å². The SMILES string of the molecule is NCc1cc(Oc2cc(Cl)ccc2Cl)ncc1Cl. The molecule has 0 saturated carbocycles. The zero-order chi connectivity index (χ0) is 13.1. The minimum Gasteiger partial charge on any atom is -0.437 e. The molecular formula is C12H9Cl3N2O. The molecule has 0 radical (unpaired) electrons. The average Bonchev–Trinajstić information content (AvgIpc) is 2.36. The minimum absolute atomic E-state index is 0.307. The van der Waals surface area contributed by atoms with Crippen molar-refractivity contribution in [2.45, 2.75) is 6.54 Å². The number of nitrogens with zero attached hydrogens (tertiary/aromatic N) is 1. The summed E-state index contributed by atoms with van der Waals surface area (Å²) >= 11 is 17.8. The van der Waals surface area contributed by atoms with E-state index in [1.54, 1.807) is 24.3 Å². The van der Waals surface area contributed by atoms with Crippen LogP contribution in [-0.4, -0.2) is 4.98 Å². The Morgan fingerprint density at radius 3 is 2.61 bits per heavy atom. The second kappa shape index (κ2) is 5.76. The monoisotopic (exact) mass is 302 g/mol. The highest BCUT2D eigenvalue weighted by Gasteiger charge is 2.07. The number of pyridine rings is 1. The number of benzene rings is 1. The molecule has 1 aromatic heterocycles. The van der Waals surface area contributed by atoms with E-state index in [1.807, 2.05) is 0 Å². The van der Waals surface area contributed by atoms with E-state index in [9.17, 15) is 0 Å². The van der Waals surface area contributed by atoms with Crippen LogP contribution < -0.4 is 10.5 Å². The molecular weight excluding hydrogens is 295 g/mol. The van der Waals surface area contributed by atoms with E-state index in [-0.39, 0.29) is 0 Å². The lowest BCUT2D eigenvalue weighted by Gasteiger charge is -2.08. The van der Waals surface area contributed by atoms with Crippen LogP contribution in [-0.2, 0) is 6.54 Å². The molecule has 18 heavy (non-hydrogen) atoms. The van der Waals surface area contributed by atoms with Crippen molar-refractivity contribution in [2.75, 3.05) is 0 Å². The maximum Gasteiger partial charge on any atom is 0.219 e. The Bertz CT molecular complexity index is 575. The second-order valence-electron chi connectivity index (χ2n) is 3.49. The molecule has 94 valence electrons. The van der Waals surface area contributed by atoms with Crippen molar-refractivity contribution in [3.63, 3.8) is 0 Å². The number of ether oxygens (including phenoxy) is 1. The highest BCUT2D eigenvalue weighted by atomic mass is 35.5. The number of aromatic nitrogens is 1. The predicted octanol–water partition coefficient (Wildman–Crippen LogP) is 4.29. The Morgan fingerprint density at radius 1 is 1.11 bits per heavy atom. The van der Waals surface area contributed by atoms with Gasteiger partial charge in [0.05, 0.1) is 10.0 Å². The van der Waals surface area contributed by atoms with Crippen molar-refractivity contribution in [1.29, 1.82) is 0 Å². The van der Waals surface area contributed by atoms with Crippen LogP contribution in [0.4, 0.5) is 0 Å². The summed E-state index contributed by atoms with van der Waals surface area (Å²) in [7, 11) is 0. The summed E-state index contributed by atoms with van der Waals surface area (Å²) in [5, 5.41) is 1.48. The van der Waals surface area contributed by atoms with Crippen molar-refractivity contribution in [1.82, 2.24) is 4.98 Å². The van der Waals surface area contributed by atoms with Gasteiger partial charge < -0.3 is 10.5 Å². The van der Waals surface area contributed by atoms with Crippen molar-refractivity contribution in [3.05, 3.63) is 51.1 Å². The summed E-state index contributed by atoms with van der Waals surface area (Å²) < 4.78 is 5.55. The largest absolute Gasteiger partial charge is 0.437 e. The topological polar surface area (TPSA) is 48.1 Å². The molecule has 1 heterocycles. The molecule has 6 heteroatoms. The molecule has 1 aromatic carbocycles. The molecule has 2 aromatic rings. The third-order valence-electron chi connectivity index (χ3n) is 2.24. The average molecular weight is 304 g/mol.